The van der Waals surface area contributed by atoms with Crippen molar-refractivity contribution in [1.82, 2.24) is 10.3 Å². The Labute approximate surface area is 210 Å². The number of thiazole rings is 1. The summed E-state index contributed by atoms with van der Waals surface area (Å²) in [6.07, 6.45) is -1.62. The first-order valence-electron chi connectivity index (χ1n) is 11.3. The van der Waals surface area contributed by atoms with Gasteiger partial charge in [0.1, 0.15) is 11.0 Å². The molecule has 2 aliphatic rings. The average molecular weight is 509 g/mol. The van der Waals surface area contributed by atoms with Gasteiger partial charge in [-0.05, 0) is 49.1 Å². The number of carbonyl (C=O) groups is 2. The standard InChI is InChI=1S/C26H22F2N4O3S/c1-25(13-29)14-35-11-18-6-5-17(10-19(18)25)22(33)32-26(7-8-26)23(34)31-24-30-20(12-36-24)15-3-2-4-16(9-15)21(27)28/h2-6,9-10,12,21H,7-8,11,14H2,1H3,(H,32,33)(H,30,31,34)/t25-/m1/s1. The second-order valence-corrected chi connectivity index (χ2v) is 10.1. The smallest absolute Gasteiger partial charge is 0.263 e. The highest BCUT2D eigenvalue weighted by Crippen LogP contribution is 2.38. The molecular weight excluding hydrogens is 486 g/mol. The highest BCUT2D eigenvalue weighted by molar-refractivity contribution is 7.14. The third kappa shape index (κ3) is 4.47. The molecule has 1 saturated carbocycles. The molecule has 1 fully saturated rings. The van der Waals surface area contributed by atoms with Crippen LogP contribution < -0.4 is 10.6 Å². The number of hydrogen-bond donors (Lipinski definition) is 2. The number of halogens is 2. The highest BCUT2D eigenvalue weighted by Gasteiger charge is 2.51. The Bertz CT molecular complexity index is 1400. The van der Waals surface area contributed by atoms with Crippen molar-refractivity contribution < 1.29 is 23.1 Å². The van der Waals surface area contributed by atoms with Crippen LogP contribution in [0.1, 0.15) is 53.2 Å². The molecule has 0 spiro atoms. The number of carbonyl (C=O) groups excluding carboxylic acids is 2. The molecule has 184 valence electrons. The van der Waals surface area contributed by atoms with Crippen molar-refractivity contribution >= 4 is 28.3 Å². The summed E-state index contributed by atoms with van der Waals surface area (Å²) in [6.45, 7) is 2.40. The van der Waals surface area contributed by atoms with Crippen molar-refractivity contribution in [2.45, 2.75) is 43.8 Å². The topological polar surface area (TPSA) is 104 Å². The van der Waals surface area contributed by atoms with E-state index in [0.29, 0.717) is 41.4 Å². The number of hydrogen-bond acceptors (Lipinski definition) is 6. The quantitative estimate of drug-likeness (QED) is 0.490. The summed E-state index contributed by atoms with van der Waals surface area (Å²) < 4.78 is 31.5. The fourth-order valence-corrected chi connectivity index (χ4v) is 4.94. The van der Waals surface area contributed by atoms with E-state index in [0.717, 1.165) is 11.1 Å². The molecule has 1 aromatic heterocycles. The van der Waals surface area contributed by atoms with Gasteiger partial charge in [0.25, 0.3) is 18.2 Å². The van der Waals surface area contributed by atoms with Crippen LogP contribution in [-0.4, -0.2) is 28.9 Å². The molecule has 5 rings (SSSR count). The van der Waals surface area contributed by atoms with Crippen molar-refractivity contribution in [3.8, 4) is 17.3 Å². The maximum Gasteiger partial charge on any atom is 0.263 e. The summed E-state index contributed by atoms with van der Waals surface area (Å²) in [5.41, 5.74) is 0.990. The van der Waals surface area contributed by atoms with E-state index in [1.54, 1.807) is 36.6 Å². The predicted octanol–water partition coefficient (Wildman–Crippen LogP) is 4.96. The van der Waals surface area contributed by atoms with Crippen molar-refractivity contribution in [2.75, 3.05) is 11.9 Å². The molecule has 0 saturated heterocycles. The number of aromatic nitrogens is 1. The molecule has 2 N–H and O–H groups in total. The van der Waals surface area contributed by atoms with Crippen molar-refractivity contribution in [1.29, 1.82) is 5.26 Å². The monoisotopic (exact) mass is 508 g/mol. The third-order valence-electron chi connectivity index (χ3n) is 6.56. The second kappa shape index (κ2) is 9.08. The van der Waals surface area contributed by atoms with Gasteiger partial charge in [-0.3, -0.25) is 14.9 Å². The summed E-state index contributed by atoms with van der Waals surface area (Å²) in [6, 6.07) is 13.3. The van der Waals surface area contributed by atoms with E-state index in [1.807, 2.05) is 0 Å². The molecule has 3 aromatic rings. The van der Waals surface area contributed by atoms with Gasteiger partial charge >= 0.3 is 0 Å². The van der Waals surface area contributed by atoms with Crippen LogP contribution in [0.5, 0.6) is 0 Å². The number of rotatable bonds is 6. The van der Waals surface area contributed by atoms with Crippen LogP contribution >= 0.6 is 11.3 Å². The lowest BCUT2D eigenvalue weighted by atomic mass is 9.79. The first kappa shape index (κ1) is 24.0. The van der Waals surface area contributed by atoms with E-state index in [2.05, 4.69) is 21.7 Å². The van der Waals surface area contributed by atoms with Crippen LogP contribution in [0.2, 0.25) is 0 Å². The SMILES string of the molecule is C[C@@]1(C#N)COCc2ccc(C(=O)NC3(C(=O)Nc4nc(-c5cccc(C(F)F)c5)cs4)CC3)cc21. The number of alkyl halides is 2. The molecular formula is C26H22F2N4O3S. The lowest BCUT2D eigenvalue weighted by molar-refractivity contribution is -0.118. The zero-order valence-corrected chi connectivity index (χ0v) is 20.1. The molecule has 0 unspecified atom stereocenters. The maximum absolute atomic E-state index is 13.0. The first-order chi connectivity index (χ1) is 17.2. The van der Waals surface area contributed by atoms with E-state index in [4.69, 9.17) is 4.74 Å². The van der Waals surface area contributed by atoms with Gasteiger partial charge in [-0.15, -0.1) is 11.3 Å². The van der Waals surface area contributed by atoms with E-state index in [9.17, 15) is 23.6 Å². The highest BCUT2D eigenvalue weighted by atomic mass is 32.1. The van der Waals surface area contributed by atoms with Crippen LogP contribution in [-0.2, 0) is 21.6 Å². The van der Waals surface area contributed by atoms with E-state index in [-0.39, 0.29) is 18.1 Å². The Morgan fingerprint density at radius 1 is 1.22 bits per heavy atom. The van der Waals surface area contributed by atoms with E-state index in [1.165, 1.54) is 29.5 Å². The van der Waals surface area contributed by atoms with Gasteiger partial charge in [0, 0.05) is 22.1 Å². The molecule has 7 nitrogen and oxygen atoms in total. The molecule has 2 heterocycles. The number of nitriles is 1. The number of ether oxygens (including phenoxy) is 1. The molecule has 36 heavy (non-hydrogen) atoms. The largest absolute Gasteiger partial charge is 0.375 e. The van der Waals surface area contributed by atoms with Crippen LogP contribution in [0.15, 0.2) is 47.8 Å². The van der Waals surface area contributed by atoms with Gasteiger partial charge in [0.05, 0.1) is 25.0 Å². The van der Waals surface area contributed by atoms with Crippen molar-refractivity contribution in [2.24, 2.45) is 0 Å². The zero-order chi connectivity index (χ0) is 25.5. The van der Waals surface area contributed by atoms with Crippen LogP contribution in [0.25, 0.3) is 11.3 Å². The molecule has 0 bridgehead atoms. The Hall–Kier alpha value is -3.68. The van der Waals surface area contributed by atoms with E-state index < -0.39 is 23.3 Å². The van der Waals surface area contributed by atoms with Gasteiger partial charge in [-0.1, -0.05) is 24.3 Å². The van der Waals surface area contributed by atoms with Crippen molar-refractivity contribution in [3.05, 3.63) is 70.1 Å². The molecule has 10 heteroatoms. The number of nitrogens with zero attached hydrogens (tertiary/aromatic N) is 2. The number of benzene rings is 2. The molecule has 1 atom stereocenters. The molecule has 2 aromatic carbocycles. The van der Waals surface area contributed by atoms with Gasteiger partial charge in [-0.2, -0.15) is 5.26 Å². The summed E-state index contributed by atoms with van der Waals surface area (Å²) in [4.78, 5) is 30.4. The minimum atomic E-state index is -2.59. The van der Waals surface area contributed by atoms with Crippen molar-refractivity contribution in [3.63, 3.8) is 0 Å². The fourth-order valence-electron chi connectivity index (χ4n) is 4.23. The van der Waals surface area contributed by atoms with Gasteiger partial charge in [0.15, 0.2) is 5.13 Å². The summed E-state index contributed by atoms with van der Waals surface area (Å²) >= 11 is 1.18. The number of amides is 2. The van der Waals surface area contributed by atoms with Gasteiger partial charge < -0.3 is 10.1 Å². The maximum atomic E-state index is 13.0. The Balaban J connectivity index is 1.28. The predicted molar refractivity (Wildman–Crippen MR) is 130 cm³/mol. The lowest BCUT2D eigenvalue weighted by Crippen LogP contribution is -2.46. The summed E-state index contributed by atoms with van der Waals surface area (Å²) in [5, 5.41) is 17.2. The van der Waals surface area contributed by atoms with Gasteiger partial charge in [0.2, 0.25) is 0 Å². The number of fused-ring (bicyclic) bond motifs is 1. The number of anilines is 1. The van der Waals surface area contributed by atoms with Crippen LogP contribution in [0, 0.1) is 11.3 Å². The Morgan fingerprint density at radius 3 is 2.75 bits per heavy atom. The van der Waals surface area contributed by atoms with Crippen LogP contribution in [0.3, 0.4) is 0 Å². The second-order valence-electron chi connectivity index (χ2n) is 9.26. The summed E-state index contributed by atoms with van der Waals surface area (Å²) in [7, 11) is 0. The normalized spacial score (nSPS) is 19.8. The average Bonchev–Trinajstić information content (AvgIpc) is 3.52. The molecule has 1 aliphatic carbocycles. The minimum Gasteiger partial charge on any atom is -0.375 e. The van der Waals surface area contributed by atoms with E-state index >= 15 is 0 Å². The lowest BCUT2D eigenvalue weighted by Gasteiger charge is -2.30. The number of nitrogens with one attached hydrogen (secondary N) is 2. The molecule has 1 aliphatic heterocycles. The Morgan fingerprint density at radius 2 is 2.03 bits per heavy atom. The molecule has 2 amide bonds. The fraction of sp³-hybridized carbons (Fsp3) is 0.308. The third-order valence-corrected chi connectivity index (χ3v) is 7.32. The zero-order valence-electron chi connectivity index (χ0n) is 19.3. The first-order valence-corrected chi connectivity index (χ1v) is 12.2. The Kier molecular flexibility index (Phi) is 6.06. The van der Waals surface area contributed by atoms with Gasteiger partial charge in [-0.25, -0.2) is 13.8 Å². The molecule has 0 radical (unpaired) electrons. The van der Waals surface area contributed by atoms with Crippen LogP contribution in [0.4, 0.5) is 13.9 Å². The summed E-state index contributed by atoms with van der Waals surface area (Å²) in [5.74, 6) is -0.785. The minimum absolute atomic E-state index is 0.101.